The first-order valence-corrected chi connectivity index (χ1v) is 10.5. The molecule has 162 valence electrons. The Morgan fingerprint density at radius 1 is 1.16 bits per heavy atom. The molecular weight excluding hydrogens is 418 g/mol. The normalized spacial score (nSPS) is 19.0. The Morgan fingerprint density at radius 3 is 2.61 bits per heavy atom. The molecule has 1 aromatic carbocycles. The van der Waals surface area contributed by atoms with E-state index < -0.39 is 11.6 Å². The summed E-state index contributed by atoms with van der Waals surface area (Å²) in [4.78, 5) is 12.8. The first-order valence-electron chi connectivity index (χ1n) is 9.72. The minimum atomic E-state index is -0.781. The largest absolute Gasteiger partial charge is 0.497 e. The molecule has 1 unspecified atom stereocenters. The van der Waals surface area contributed by atoms with Crippen LogP contribution in [0.5, 0.6) is 5.75 Å². The number of nitrogens with one attached hydrogen (secondary N) is 3. The van der Waals surface area contributed by atoms with Crippen LogP contribution in [0.15, 0.2) is 42.6 Å². The number of ether oxygens (including phenoxy) is 2. The van der Waals surface area contributed by atoms with Crippen molar-refractivity contribution in [3.8, 4) is 5.75 Å². The fourth-order valence-corrected chi connectivity index (χ4v) is 4.26. The zero-order valence-corrected chi connectivity index (χ0v) is 18.0. The maximum absolute atomic E-state index is 12.8. The van der Waals surface area contributed by atoms with Crippen LogP contribution >= 0.6 is 11.3 Å². The third-order valence-corrected chi connectivity index (χ3v) is 5.87. The van der Waals surface area contributed by atoms with Gasteiger partial charge in [0.2, 0.25) is 10.3 Å². The molecule has 3 N–H and O–H groups in total. The molecule has 1 aliphatic heterocycles. The Balaban J connectivity index is 1.46. The molecule has 1 fully saturated rings. The topological polar surface area (TPSA) is 123 Å². The van der Waals surface area contributed by atoms with E-state index in [0.717, 1.165) is 18.7 Å². The second-order valence-corrected chi connectivity index (χ2v) is 8.01. The maximum Gasteiger partial charge on any atom is 0.259 e. The van der Waals surface area contributed by atoms with E-state index in [1.165, 1.54) is 18.4 Å². The van der Waals surface area contributed by atoms with Gasteiger partial charge in [-0.1, -0.05) is 23.5 Å². The summed E-state index contributed by atoms with van der Waals surface area (Å²) in [5, 5.41) is 27.1. The Bertz CT molecular complexity index is 1010. The van der Waals surface area contributed by atoms with E-state index in [4.69, 9.17) is 9.47 Å². The highest BCUT2D eigenvalue weighted by atomic mass is 32.1. The fraction of sp³-hybridized carbons (Fsp3) is 0.350. The number of hydrogen-bond donors (Lipinski definition) is 3. The van der Waals surface area contributed by atoms with Gasteiger partial charge in [-0.05, 0) is 42.8 Å². The van der Waals surface area contributed by atoms with Gasteiger partial charge in [0.15, 0.2) is 6.10 Å². The Hall–Kier alpha value is -3.15. The predicted octanol–water partition coefficient (Wildman–Crippen LogP) is 1.96. The van der Waals surface area contributed by atoms with Crippen LogP contribution in [0.1, 0.15) is 23.8 Å². The second kappa shape index (κ2) is 9.33. The van der Waals surface area contributed by atoms with Gasteiger partial charge in [0.25, 0.3) is 5.91 Å². The monoisotopic (exact) mass is 441 g/mol. The smallest absolute Gasteiger partial charge is 0.259 e. The van der Waals surface area contributed by atoms with E-state index in [2.05, 4.69) is 36.3 Å². The van der Waals surface area contributed by atoms with Gasteiger partial charge in [-0.15, -0.1) is 10.2 Å². The SMILES string of the molecule is COc1ccc([C@H](OC)C(=O)Nc2nnc(NC3(c4cccnn4)CCNC3)s2)cc1. The maximum atomic E-state index is 12.8. The van der Waals surface area contributed by atoms with Gasteiger partial charge in [-0.2, -0.15) is 10.2 Å². The van der Waals surface area contributed by atoms with Crippen LogP contribution < -0.4 is 20.7 Å². The van der Waals surface area contributed by atoms with Crippen molar-refractivity contribution in [1.82, 2.24) is 25.7 Å². The number of benzene rings is 1. The lowest BCUT2D eigenvalue weighted by Gasteiger charge is -2.27. The van der Waals surface area contributed by atoms with Gasteiger partial charge >= 0.3 is 0 Å². The van der Waals surface area contributed by atoms with Crippen LogP contribution in [0.4, 0.5) is 10.3 Å². The zero-order valence-electron chi connectivity index (χ0n) is 17.2. The highest BCUT2D eigenvalue weighted by Crippen LogP contribution is 2.33. The summed E-state index contributed by atoms with van der Waals surface area (Å²) in [6.07, 6.45) is 1.69. The van der Waals surface area contributed by atoms with E-state index in [0.29, 0.717) is 28.1 Å². The van der Waals surface area contributed by atoms with Crippen molar-refractivity contribution >= 4 is 27.5 Å². The Kier molecular flexibility index (Phi) is 6.35. The van der Waals surface area contributed by atoms with Crippen LogP contribution in [0.25, 0.3) is 0 Å². The van der Waals surface area contributed by atoms with Crippen LogP contribution in [-0.2, 0) is 15.1 Å². The number of nitrogens with zero attached hydrogens (tertiary/aromatic N) is 4. The quantitative estimate of drug-likeness (QED) is 0.481. The number of hydrogen-bond acceptors (Lipinski definition) is 10. The molecule has 3 heterocycles. The number of rotatable bonds is 8. The fourth-order valence-electron chi connectivity index (χ4n) is 3.51. The molecule has 1 saturated heterocycles. The minimum absolute atomic E-state index is 0.332. The van der Waals surface area contributed by atoms with Gasteiger partial charge in [0.1, 0.15) is 5.75 Å². The van der Waals surface area contributed by atoms with E-state index in [1.54, 1.807) is 37.6 Å². The van der Waals surface area contributed by atoms with E-state index >= 15 is 0 Å². The summed E-state index contributed by atoms with van der Waals surface area (Å²) in [6.45, 7) is 1.54. The van der Waals surface area contributed by atoms with Crippen molar-refractivity contribution in [3.63, 3.8) is 0 Å². The number of anilines is 2. The van der Waals surface area contributed by atoms with Gasteiger partial charge in [-0.3, -0.25) is 10.1 Å². The summed E-state index contributed by atoms with van der Waals surface area (Å²) in [7, 11) is 3.08. The van der Waals surface area contributed by atoms with Gasteiger partial charge in [0.05, 0.1) is 18.3 Å². The molecule has 0 bridgehead atoms. The second-order valence-electron chi connectivity index (χ2n) is 7.03. The standard InChI is InChI=1S/C20H23N7O3S/c1-29-14-7-5-13(6-8-14)16(30-2)17(28)23-18-26-27-19(31-18)24-20(9-11-21-12-20)15-4-3-10-22-25-15/h3-8,10,16,21H,9,11-12H2,1-2H3,(H,24,27)(H,23,26,28)/t16-,20?/m0/s1. The van der Waals surface area contributed by atoms with Crippen molar-refractivity contribution in [1.29, 1.82) is 0 Å². The lowest BCUT2D eigenvalue weighted by Crippen LogP contribution is -2.38. The highest BCUT2D eigenvalue weighted by molar-refractivity contribution is 7.19. The van der Waals surface area contributed by atoms with E-state index in [1.807, 2.05) is 12.1 Å². The lowest BCUT2D eigenvalue weighted by atomic mass is 9.94. The molecule has 10 nitrogen and oxygen atoms in total. The predicted molar refractivity (Wildman–Crippen MR) is 116 cm³/mol. The molecule has 3 aromatic rings. The van der Waals surface area contributed by atoms with Crippen molar-refractivity contribution in [3.05, 3.63) is 53.9 Å². The molecule has 2 aromatic heterocycles. The Labute approximate surface area is 183 Å². The van der Waals surface area contributed by atoms with Crippen molar-refractivity contribution in [2.75, 3.05) is 37.9 Å². The molecule has 11 heteroatoms. The molecule has 1 aliphatic rings. The third-order valence-electron chi connectivity index (χ3n) is 5.11. The summed E-state index contributed by atoms with van der Waals surface area (Å²) in [6, 6.07) is 10.9. The molecule has 0 spiro atoms. The number of amides is 1. The summed E-state index contributed by atoms with van der Waals surface area (Å²) in [5.74, 6) is 0.374. The number of methoxy groups -OCH3 is 2. The number of aromatic nitrogens is 4. The molecule has 4 rings (SSSR count). The summed E-state index contributed by atoms with van der Waals surface area (Å²) in [5.41, 5.74) is 1.12. The molecule has 1 amide bonds. The summed E-state index contributed by atoms with van der Waals surface area (Å²) >= 11 is 1.25. The van der Waals surface area contributed by atoms with Crippen LogP contribution in [-0.4, -0.2) is 53.6 Å². The highest BCUT2D eigenvalue weighted by Gasteiger charge is 2.38. The van der Waals surface area contributed by atoms with E-state index in [9.17, 15) is 4.79 Å². The van der Waals surface area contributed by atoms with Gasteiger partial charge in [-0.25, -0.2) is 0 Å². The Morgan fingerprint density at radius 2 is 1.97 bits per heavy atom. The minimum Gasteiger partial charge on any atom is -0.497 e. The third kappa shape index (κ3) is 4.63. The first kappa shape index (κ1) is 21.1. The molecule has 0 aliphatic carbocycles. The average Bonchev–Trinajstić information content (AvgIpc) is 3.46. The van der Waals surface area contributed by atoms with Crippen molar-refractivity contribution in [2.45, 2.75) is 18.1 Å². The van der Waals surface area contributed by atoms with Crippen LogP contribution in [0.3, 0.4) is 0 Å². The average molecular weight is 442 g/mol. The lowest BCUT2D eigenvalue weighted by molar-refractivity contribution is -0.126. The molecular formula is C20H23N7O3S. The van der Waals surface area contributed by atoms with Crippen molar-refractivity contribution < 1.29 is 14.3 Å². The zero-order chi connectivity index (χ0) is 21.7. The van der Waals surface area contributed by atoms with Crippen LogP contribution in [0.2, 0.25) is 0 Å². The number of carbonyl (C=O) groups is 1. The van der Waals surface area contributed by atoms with Crippen LogP contribution in [0, 0.1) is 0 Å². The van der Waals surface area contributed by atoms with E-state index in [-0.39, 0.29) is 5.91 Å². The summed E-state index contributed by atoms with van der Waals surface area (Å²) < 4.78 is 10.6. The molecule has 0 saturated carbocycles. The van der Waals surface area contributed by atoms with Crippen molar-refractivity contribution in [2.24, 2.45) is 0 Å². The van der Waals surface area contributed by atoms with Gasteiger partial charge in [0, 0.05) is 19.9 Å². The molecule has 31 heavy (non-hydrogen) atoms. The number of carbonyl (C=O) groups excluding carboxylic acids is 1. The molecule has 2 atom stereocenters. The van der Waals surface area contributed by atoms with Gasteiger partial charge < -0.3 is 20.1 Å². The first-order chi connectivity index (χ1) is 15.1. The molecule has 0 radical (unpaired) electrons.